The molecule has 11 nitrogen and oxygen atoms in total. The third-order valence-electron chi connectivity index (χ3n) is 7.09. The van der Waals surface area contributed by atoms with Gasteiger partial charge in [-0.2, -0.15) is 13.2 Å². The normalized spacial score (nSPS) is 14.0. The molecule has 2 rings (SSSR count). The molecule has 0 spiro atoms. The molecule has 0 saturated carbocycles. The molecule has 0 aliphatic carbocycles. The van der Waals surface area contributed by atoms with Crippen LogP contribution in [0.1, 0.15) is 51.2 Å². The molecular formula is C32H42F3N5O6. The fourth-order valence-corrected chi connectivity index (χ4v) is 4.51. The van der Waals surface area contributed by atoms with Crippen molar-refractivity contribution in [3.8, 4) is 5.75 Å². The van der Waals surface area contributed by atoms with Crippen molar-refractivity contribution in [1.29, 1.82) is 0 Å². The Labute approximate surface area is 265 Å². The molecule has 252 valence electrons. The first-order valence-corrected chi connectivity index (χ1v) is 15.0. The van der Waals surface area contributed by atoms with Crippen molar-refractivity contribution < 1.29 is 42.3 Å². The highest BCUT2D eigenvalue weighted by molar-refractivity contribution is 5.97. The SMILES string of the molecule is CC(C)C(NC(=O)[C@H](CCCCN)NC(=O)[C@H](C)NC(=O)[C@H](Cc1ccc(O)cc1)NC(=O)Cc1ccccc1)C(=O)C(F)(F)F. The van der Waals surface area contributed by atoms with Gasteiger partial charge in [0.1, 0.15) is 23.9 Å². The van der Waals surface area contributed by atoms with E-state index in [-0.39, 0.29) is 31.6 Å². The van der Waals surface area contributed by atoms with Crippen molar-refractivity contribution >= 4 is 29.4 Å². The number of amides is 4. The first kappa shape index (κ1) is 37.7. The highest BCUT2D eigenvalue weighted by atomic mass is 19.4. The van der Waals surface area contributed by atoms with Crippen molar-refractivity contribution in [2.75, 3.05) is 6.54 Å². The van der Waals surface area contributed by atoms with Crippen LogP contribution in [0.25, 0.3) is 0 Å². The van der Waals surface area contributed by atoms with Crippen LogP contribution in [-0.2, 0) is 36.8 Å². The van der Waals surface area contributed by atoms with Gasteiger partial charge in [-0.3, -0.25) is 24.0 Å². The minimum Gasteiger partial charge on any atom is -0.508 e. The molecular weight excluding hydrogens is 607 g/mol. The molecule has 0 saturated heterocycles. The lowest BCUT2D eigenvalue weighted by Gasteiger charge is -2.27. The van der Waals surface area contributed by atoms with E-state index >= 15 is 0 Å². The predicted molar refractivity (Wildman–Crippen MR) is 164 cm³/mol. The lowest BCUT2D eigenvalue weighted by molar-refractivity contribution is -0.175. The van der Waals surface area contributed by atoms with Crippen LogP contribution in [0.3, 0.4) is 0 Å². The number of hydrogen-bond acceptors (Lipinski definition) is 7. The number of carbonyl (C=O) groups excluding carboxylic acids is 5. The molecule has 0 aliphatic rings. The Morgan fingerprint density at radius 3 is 1.93 bits per heavy atom. The number of phenols is 1. The third kappa shape index (κ3) is 12.5. The van der Waals surface area contributed by atoms with Crippen LogP contribution in [-0.4, -0.2) is 71.4 Å². The number of ketones is 1. The number of Topliss-reactive ketones (excluding diaryl/α,β-unsaturated/α-hetero) is 1. The second-order valence-electron chi connectivity index (χ2n) is 11.3. The average Bonchev–Trinajstić information content (AvgIpc) is 2.99. The van der Waals surface area contributed by atoms with Gasteiger partial charge < -0.3 is 32.1 Å². The molecule has 2 aromatic rings. The second kappa shape index (κ2) is 17.9. The fourth-order valence-electron chi connectivity index (χ4n) is 4.51. The Morgan fingerprint density at radius 2 is 1.37 bits per heavy atom. The molecule has 1 unspecified atom stereocenters. The summed E-state index contributed by atoms with van der Waals surface area (Å²) in [4.78, 5) is 64.3. The fraction of sp³-hybridized carbons (Fsp3) is 0.469. The highest BCUT2D eigenvalue weighted by Crippen LogP contribution is 2.21. The molecule has 46 heavy (non-hydrogen) atoms. The summed E-state index contributed by atoms with van der Waals surface area (Å²) >= 11 is 0. The van der Waals surface area contributed by atoms with Crippen molar-refractivity contribution in [3.05, 3.63) is 65.7 Å². The third-order valence-corrected chi connectivity index (χ3v) is 7.09. The maximum Gasteiger partial charge on any atom is 0.452 e. The van der Waals surface area contributed by atoms with E-state index in [1.165, 1.54) is 32.9 Å². The highest BCUT2D eigenvalue weighted by Gasteiger charge is 2.45. The molecule has 0 radical (unpaired) electrons. The van der Waals surface area contributed by atoms with E-state index in [1.807, 2.05) is 0 Å². The zero-order chi connectivity index (χ0) is 34.4. The molecule has 0 fully saturated rings. The lowest BCUT2D eigenvalue weighted by Crippen LogP contribution is -2.58. The minimum absolute atomic E-state index is 0.00988. The Morgan fingerprint density at radius 1 is 0.761 bits per heavy atom. The van der Waals surface area contributed by atoms with E-state index in [0.29, 0.717) is 24.0 Å². The van der Waals surface area contributed by atoms with Crippen LogP contribution in [0.2, 0.25) is 0 Å². The molecule has 14 heteroatoms. The van der Waals surface area contributed by atoms with Crippen molar-refractivity contribution in [3.63, 3.8) is 0 Å². The summed E-state index contributed by atoms with van der Waals surface area (Å²) in [7, 11) is 0. The maximum absolute atomic E-state index is 13.3. The van der Waals surface area contributed by atoms with Gasteiger partial charge in [0.15, 0.2) is 0 Å². The molecule has 2 aromatic carbocycles. The molecule has 7 N–H and O–H groups in total. The summed E-state index contributed by atoms with van der Waals surface area (Å²) in [6.45, 7) is 4.31. The quantitative estimate of drug-likeness (QED) is 0.142. The number of carbonyl (C=O) groups is 5. The van der Waals surface area contributed by atoms with Crippen LogP contribution in [0.4, 0.5) is 13.2 Å². The Balaban J connectivity index is 2.17. The summed E-state index contributed by atoms with van der Waals surface area (Å²) in [5, 5.41) is 19.4. The smallest absolute Gasteiger partial charge is 0.452 e. The molecule has 4 atom stereocenters. The summed E-state index contributed by atoms with van der Waals surface area (Å²) in [5.74, 6) is -5.96. The summed E-state index contributed by atoms with van der Waals surface area (Å²) in [5.41, 5.74) is 6.85. The first-order valence-electron chi connectivity index (χ1n) is 15.0. The zero-order valence-electron chi connectivity index (χ0n) is 26.0. The molecule has 0 aliphatic heterocycles. The van der Waals surface area contributed by atoms with Gasteiger partial charge in [-0.25, -0.2) is 0 Å². The first-order chi connectivity index (χ1) is 21.6. The van der Waals surface area contributed by atoms with Crippen LogP contribution in [0, 0.1) is 5.92 Å². The van der Waals surface area contributed by atoms with Crippen molar-refractivity contribution in [2.45, 2.75) is 83.2 Å². The Bertz CT molecular complexity index is 1320. The summed E-state index contributed by atoms with van der Waals surface area (Å²) < 4.78 is 39.4. The zero-order valence-corrected chi connectivity index (χ0v) is 26.0. The Kier molecular flexibility index (Phi) is 14.7. The van der Waals surface area contributed by atoms with Gasteiger partial charge in [-0.1, -0.05) is 56.3 Å². The van der Waals surface area contributed by atoms with Gasteiger partial charge in [0.25, 0.3) is 5.78 Å². The largest absolute Gasteiger partial charge is 0.508 e. The topological polar surface area (TPSA) is 180 Å². The van der Waals surface area contributed by atoms with Gasteiger partial charge in [-0.05, 0) is 61.9 Å². The minimum atomic E-state index is -5.17. The average molecular weight is 650 g/mol. The number of alkyl halides is 3. The number of unbranched alkanes of at least 4 members (excludes halogenated alkanes) is 1. The van der Waals surface area contributed by atoms with E-state index in [0.717, 1.165) is 0 Å². The van der Waals surface area contributed by atoms with E-state index < -0.39 is 65.7 Å². The molecule has 0 bridgehead atoms. The van der Waals surface area contributed by atoms with E-state index in [1.54, 1.807) is 42.5 Å². The summed E-state index contributed by atoms with van der Waals surface area (Å²) in [6.07, 6.45) is -4.34. The number of nitrogens with one attached hydrogen (secondary N) is 4. The number of phenolic OH excluding ortho intramolecular Hbond substituents is 1. The number of halogens is 3. The van der Waals surface area contributed by atoms with Crippen LogP contribution in [0.5, 0.6) is 5.75 Å². The van der Waals surface area contributed by atoms with E-state index in [9.17, 15) is 42.3 Å². The van der Waals surface area contributed by atoms with Gasteiger partial charge in [0.05, 0.1) is 12.5 Å². The number of rotatable bonds is 17. The summed E-state index contributed by atoms with van der Waals surface area (Å²) in [6, 6.07) is 9.30. The van der Waals surface area contributed by atoms with E-state index in [2.05, 4.69) is 21.3 Å². The number of aromatic hydroxyl groups is 1. The standard InChI is InChI=1S/C32H42F3N5O6/c1-19(2)27(28(43)32(33,34)35)40-30(45)24(11-7-8-16-36)39-29(44)20(3)37-31(46)25(17-22-12-14-23(41)15-13-22)38-26(42)18-21-9-5-4-6-10-21/h4-6,9-10,12-15,19-20,24-25,27,41H,7-8,11,16-18,36H2,1-3H3,(H,37,46)(H,38,42)(H,39,44)(H,40,45)/t20-,24-,25-,27?/m0/s1. The van der Waals surface area contributed by atoms with E-state index in [4.69, 9.17) is 5.73 Å². The molecule has 0 heterocycles. The van der Waals surface area contributed by atoms with Crippen molar-refractivity contribution in [2.24, 2.45) is 11.7 Å². The van der Waals surface area contributed by atoms with Crippen molar-refractivity contribution in [1.82, 2.24) is 21.3 Å². The lowest BCUT2D eigenvalue weighted by atomic mass is 9.98. The second-order valence-corrected chi connectivity index (χ2v) is 11.3. The maximum atomic E-state index is 13.3. The molecule has 4 amide bonds. The van der Waals surface area contributed by atoms with Gasteiger partial charge >= 0.3 is 6.18 Å². The number of hydrogen-bond donors (Lipinski definition) is 6. The van der Waals surface area contributed by atoms with Crippen LogP contribution >= 0.6 is 0 Å². The van der Waals surface area contributed by atoms with Gasteiger partial charge in [0.2, 0.25) is 23.6 Å². The van der Waals surface area contributed by atoms with Gasteiger partial charge in [0, 0.05) is 6.42 Å². The number of benzene rings is 2. The van der Waals surface area contributed by atoms with Crippen LogP contribution in [0.15, 0.2) is 54.6 Å². The molecule has 0 aromatic heterocycles. The van der Waals surface area contributed by atoms with Gasteiger partial charge in [-0.15, -0.1) is 0 Å². The number of nitrogens with two attached hydrogens (primary N) is 1. The monoisotopic (exact) mass is 649 g/mol. The predicted octanol–water partition coefficient (Wildman–Crippen LogP) is 2.05. The van der Waals surface area contributed by atoms with Crippen LogP contribution < -0.4 is 27.0 Å². The Hall–Kier alpha value is -4.46.